The molecule has 1 aromatic rings. The highest BCUT2D eigenvalue weighted by molar-refractivity contribution is 6.24. The Labute approximate surface area is 64.0 Å². The van der Waals surface area contributed by atoms with E-state index in [2.05, 4.69) is 12.1 Å². The van der Waals surface area contributed by atoms with Gasteiger partial charge in [0.1, 0.15) is 0 Å². The van der Waals surface area contributed by atoms with E-state index >= 15 is 0 Å². The van der Waals surface area contributed by atoms with Gasteiger partial charge in [-0.15, -0.1) is 0 Å². The minimum absolute atomic E-state index is 0.583. The lowest BCUT2D eigenvalue weighted by Crippen LogP contribution is -1.93. The molecule has 0 atom stereocenters. The lowest BCUT2D eigenvalue weighted by atomic mass is 10.2. The van der Waals surface area contributed by atoms with Gasteiger partial charge < -0.3 is 4.43 Å². The molecular weight excluding hydrogens is 140 g/mol. The van der Waals surface area contributed by atoms with Gasteiger partial charge in [0.05, 0.1) is 6.61 Å². The predicted octanol–water partition coefficient (Wildman–Crippen LogP) is 1.87. The molecule has 0 unspecified atom stereocenters. The maximum atomic E-state index is 5.25. The zero-order valence-electron chi connectivity index (χ0n) is 6.00. The quantitative estimate of drug-likeness (QED) is 0.598. The van der Waals surface area contributed by atoms with Crippen LogP contribution in [0.1, 0.15) is 5.56 Å². The SMILES string of the molecule is C[Si]OCc1ccccc1. The van der Waals surface area contributed by atoms with Crippen molar-refractivity contribution in [1.82, 2.24) is 0 Å². The zero-order chi connectivity index (χ0) is 7.23. The minimum atomic E-state index is 0.583. The first kappa shape index (κ1) is 7.50. The topological polar surface area (TPSA) is 9.23 Å². The van der Waals surface area contributed by atoms with Crippen molar-refractivity contribution in [3.8, 4) is 0 Å². The normalized spacial score (nSPS) is 9.70. The molecule has 0 heterocycles. The van der Waals surface area contributed by atoms with Crippen LogP contribution in [0.5, 0.6) is 0 Å². The molecule has 1 nitrogen and oxygen atoms in total. The average Bonchev–Trinajstić information content (AvgIpc) is 2.03. The fourth-order valence-electron chi connectivity index (χ4n) is 0.730. The molecule has 0 amide bonds. The summed E-state index contributed by atoms with van der Waals surface area (Å²) in [4.78, 5) is 0. The monoisotopic (exact) mass is 150 g/mol. The first-order chi connectivity index (χ1) is 4.93. The van der Waals surface area contributed by atoms with Crippen LogP contribution in [0, 0.1) is 0 Å². The van der Waals surface area contributed by atoms with Crippen LogP contribution in [0.3, 0.4) is 0 Å². The maximum Gasteiger partial charge on any atom is 0.226 e. The van der Waals surface area contributed by atoms with E-state index in [1.54, 1.807) is 0 Å². The highest BCUT2D eigenvalue weighted by Crippen LogP contribution is 1.98. The maximum absolute atomic E-state index is 5.25. The van der Waals surface area contributed by atoms with Gasteiger partial charge in [0.15, 0.2) is 0 Å². The average molecular weight is 150 g/mol. The number of benzene rings is 1. The van der Waals surface area contributed by atoms with Gasteiger partial charge in [-0.1, -0.05) is 30.3 Å². The van der Waals surface area contributed by atoms with Crippen molar-refractivity contribution in [2.75, 3.05) is 0 Å². The summed E-state index contributed by atoms with van der Waals surface area (Å²) in [7, 11) is 0.583. The van der Waals surface area contributed by atoms with Gasteiger partial charge in [-0.2, -0.15) is 0 Å². The van der Waals surface area contributed by atoms with E-state index in [9.17, 15) is 0 Å². The summed E-state index contributed by atoms with van der Waals surface area (Å²) in [6, 6.07) is 10.2. The predicted molar refractivity (Wildman–Crippen MR) is 42.8 cm³/mol. The summed E-state index contributed by atoms with van der Waals surface area (Å²) in [6.07, 6.45) is 0. The smallest absolute Gasteiger partial charge is 0.226 e. The summed E-state index contributed by atoms with van der Waals surface area (Å²) in [5.41, 5.74) is 1.25. The largest absolute Gasteiger partial charge is 0.413 e. The van der Waals surface area contributed by atoms with E-state index in [1.807, 2.05) is 24.7 Å². The van der Waals surface area contributed by atoms with Crippen molar-refractivity contribution in [2.45, 2.75) is 13.2 Å². The number of hydrogen-bond acceptors (Lipinski definition) is 1. The molecule has 0 aliphatic carbocycles. The highest BCUT2D eigenvalue weighted by atomic mass is 28.2. The summed E-state index contributed by atoms with van der Waals surface area (Å²) in [5.74, 6) is 0. The molecule has 0 saturated heterocycles. The Balaban J connectivity index is 2.43. The number of rotatable bonds is 3. The molecule has 0 aromatic heterocycles. The zero-order valence-corrected chi connectivity index (χ0v) is 7.00. The fraction of sp³-hybridized carbons (Fsp3) is 0.250. The third-order valence-electron chi connectivity index (χ3n) is 1.23. The molecule has 1 aromatic carbocycles. The van der Waals surface area contributed by atoms with Crippen molar-refractivity contribution < 1.29 is 4.43 Å². The molecule has 0 spiro atoms. The molecule has 0 aliphatic heterocycles. The lowest BCUT2D eigenvalue weighted by molar-refractivity contribution is 0.327. The van der Waals surface area contributed by atoms with E-state index in [4.69, 9.17) is 4.43 Å². The molecule has 0 N–H and O–H groups in total. The third kappa shape index (κ3) is 2.33. The van der Waals surface area contributed by atoms with Crippen LogP contribution >= 0.6 is 0 Å². The van der Waals surface area contributed by atoms with E-state index in [1.165, 1.54) is 5.56 Å². The van der Waals surface area contributed by atoms with Crippen LogP contribution in [0.15, 0.2) is 30.3 Å². The van der Waals surface area contributed by atoms with E-state index in [0.29, 0.717) is 9.76 Å². The van der Waals surface area contributed by atoms with Gasteiger partial charge in [-0.25, -0.2) is 0 Å². The first-order valence-corrected chi connectivity index (χ1v) is 4.67. The summed E-state index contributed by atoms with van der Waals surface area (Å²) in [5, 5.41) is 0. The fourth-order valence-corrected chi connectivity index (χ4v) is 1.04. The molecule has 52 valence electrons. The summed E-state index contributed by atoms with van der Waals surface area (Å²) >= 11 is 0. The van der Waals surface area contributed by atoms with Crippen molar-refractivity contribution in [3.63, 3.8) is 0 Å². The second-order valence-electron chi connectivity index (χ2n) is 1.98. The Morgan fingerprint density at radius 1 is 1.30 bits per heavy atom. The van der Waals surface area contributed by atoms with Crippen LogP contribution in [0.4, 0.5) is 0 Å². The van der Waals surface area contributed by atoms with Gasteiger partial charge in [0, 0.05) is 0 Å². The second-order valence-corrected chi connectivity index (χ2v) is 2.68. The van der Waals surface area contributed by atoms with Crippen LogP contribution in [-0.4, -0.2) is 9.76 Å². The van der Waals surface area contributed by atoms with E-state index in [-0.39, 0.29) is 0 Å². The molecule has 2 radical (unpaired) electrons. The van der Waals surface area contributed by atoms with Gasteiger partial charge >= 0.3 is 0 Å². The van der Waals surface area contributed by atoms with Crippen LogP contribution in [0.2, 0.25) is 6.55 Å². The van der Waals surface area contributed by atoms with Crippen molar-refractivity contribution in [2.24, 2.45) is 0 Å². The van der Waals surface area contributed by atoms with Gasteiger partial charge in [-0.3, -0.25) is 0 Å². The molecular formula is C8H10OSi. The molecule has 1 rings (SSSR count). The molecule has 0 aliphatic rings. The van der Waals surface area contributed by atoms with Crippen LogP contribution < -0.4 is 0 Å². The Bertz CT molecular complexity index is 174. The Hall–Kier alpha value is -0.603. The molecule has 0 saturated carbocycles. The second kappa shape index (κ2) is 4.25. The van der Waals surface area contributed by atoms with Gasteiger partial charge in [0.2, 0.25) is 9.76 Å². The van der Waals surface area contributed by atoms with Crippen molar-refractivity contribution >= 4 is 9.76 Å². The Morgan fingerprint density at radius 3 is 2.60 bits per heavy atom. The van der Waals surface area contributed by atoms with E-state index in [0.717, 1.165) is 6.61 Å². The molecule has 2 heteroatoms. The van der Waals surface area contributed by atoms with Gasteiger partial charge in [-0.05, 0) is 12.1 Å². The van der Waals surface area contributed by atoms with Crippen LogP contribution in [0.25, 0.3) is 0 Å². The first-order valence-electron chi connectivity index (χ1n) is 3.26. The van der Waals surface area contributed by atoms with Gasteiger partial charge in [0.25, 0.3) is 0 Å². The summed E-state index contributed by atoms with van der Waals surface area (Å²) < 4.78 is 5.25. The van der Waals surface area contributed by atoms with Crippen molar-refractivity contribution in [3.05, 3.63) is 35.9 Å². The number of hydrogen-bond donors (Lipinski definition) is 0. The lowest BCUT2D eigenvalue weighted by Gasteiger charge is -1.98. The highest BCUT2D eigenvalue weighted by Gasteiger charge is 1.87. The minimum Gasteiger partial charge on any atom is -0.413 e. The Morgan fingerprint density at radius 2 is 2.00 bits per heavy atom. The molecule has 10 heavy (non-hydrogen) atoms. The third-order valence-corrected chi connectivity index (χ3v) is 1.66. The molecule has 0 fully saturated rings. The Kier molecular flexibility index (Phi) is 3.19. The van der Waals surface area contributed by atoms with Crippen LogP contribution in [-0.2, 0) is 11.0 Å². The molecule has 0 bridgehead atoms. The van der Waals surface area contributed by atoms with E-state index < -0.39 is 0 Å². The summed E-state index contributed by atoms with van der Waals surface area (Å²) in [6.45, 7) is 2.78. The van der Waals surface area contributed by atoms with Crippen molar-refractivity contribution in [1.29, 1.82) is 0 Å². The standard InChI is InChI=1S/C8H10OSi/c1-10-9-7-8-5-3-2-4-6-8/h2-6H,7H2,1H3.